The first-order valence-corrected chi connectivity index (χ1v) is 9.29. The molecule has 29 heavy (non-hydrogen) atoms. The fourth-order valence-electron chi connectivity index (χ4n) is 2.92. The molecule has 0 unspecified atom stereocenters. The molecular weight excluding hydrogens is 371 g/mol. The zero-order chi connectivity index (χ0) is 21.2. The molecular formula is C22H23FN4O2. The molecule has 1 aliphatic rings. The van der Waals surface area contributed by atoms with Crippen LogP contribution in [0.2, 0.25) is 0 Å². The zero-order valence-corrected chi connectivity index (χ0v) is 16.6. The summed E-state index contributed by atoms with van der Waals surface area (Å²) in [6, 6.07) is 8.66. The van der Waals surface area contributed by atoms with Gasteiger partial charge in [-0.1, -0.05) is 6.07 Å². The maximum absolute atomic E-state index is 14.8. The Bertz CT molecular complexity index is 1000. The predicted octanol–water partition coefficient (Wildman–Crippen LogP) is 3.27. The molecule has 1 saturated carbocycles. The number of methoxy groups -OCH3 is 1. The minimum Gasteiger partial charge on any atom is -0.496 e. The monoisotopic (exact) mass is 394 g/mol. The fourth-order valence-corrected chi connectivity index (χ4v) is 2.92. The molecule has 3 N–H and O–H groups in total. The highest BCUT2D eigenvalue weighted by Gasteiger charge is 2.28. The first-order chi connectivity index (χ1) is 13.8. The van der Waals surface area contributed by atoms with Crippen molar-refractivity contribution < 1.29 is 13.9 Å². The van der Waals surface area contributed by atoms with Crippen LogP contribution >= 0.6 is 0 Å². The average molecular weight is 394 g/mol. The Kier molecular flexibility index (Phi) is 5.55. The van der Waals surface area contributed by atoms with Gasteiger partial charge in [0.05, 0.1) is 24.3 Å². The lowest BCUT2D eigenvalue weighted by atomic mass is 9.87. The minimum absolute atomic E-state index is 0.103. The fraction of sp³-hybridized carbons (Fsp3) is 0.318. The van der Waals surface area contributed by atoms with Crippen LogP contribution in [0.25, 0.3) is 5.57 Å². The van der Waals surface area contributed by atoms with Crippen molar-refractivity contribution in [3.05, 3.63) is 64.9 Å². The molecule has 0 bridgehead atoms. The van der Waals surface area contributed by atoms with Gasteiger partial charge in [-0.25, -0.2) is 4.39 Å². The maximum atomic E-state index is 14.8. The molecule has 1 heterocycles. The molecule has 6 nitrogen and oxygen atoms in total. The van der Waals surface area contributed by atoms with Gasteiger partial charge in [0.1, 0.15) is 17.1 Å². The number of nitrogens with zero attached hydrogens (tertiary/aromatic N) is 2. The Morgan fingerprint density at radius 1 is 1.41 bits per heavy atom. The van der Waals surface area contributed by atoms with Gasteiger partial charge in [0.15, 0.2) is 0 Å². The van der Waals surface area contributed by atoms with Gasteiger partial charge in [-0.2, -0.15) is 5.26 Å². The quantitative estimate of drug-likeness (QED) is 0.783. The van der Waals surface area contributed by atoms with Crippen molar-refractivity contribution in [1.82, 2.24) is 10.3 Å². The molecule has 1 aromatic carbocycles. The van der Waals surface area contributed by atoms with Gasteiger partial charge < -0.3 is 15.8 Å². The summed E-state index contributed by atoms with van der Waals surface area (Å²) in [5.74, 6) is -1.06. The summed E-state index contributed by atoms with van der Waals surface area (Å²) in [5.41, 5.74) is 7.19. The van der Waals surface area contributed by atoms with Gasteiger partial charge in [-0.15, -0.1) is 0 Å². The molecule has 1 fully saturated rings. The standard InChI is InChI=1S/C22H23FN4O2/c1-22(2,12-25)14-4-7-18(26-11-14)16(10-24)13-8-17(23)20(19(9-13)29-3)21(28)27-15-5-6-15/h4,7-11,15H,5-6,24H2,1-3H3,(H,27,28). The molecule has 0 atom stereocenters. The van der Waals surface area contributed by atoms with E-state index in [-0.39, 0.29) is 17.4 Å². The Balaban J connectivity index is 1.97. The number of carbonyl (C=O) groups is 1. The maximum Gasteiger partial charge on any atom is 0.258 e. The summed E-state index contributed by atoms with van der Waals surface area (Å²) in [5, 5.41) is 12.0. The number of carbonyl (C=O) groups excluding carboxylic acids is 1. The van der Waals surface area contributed by atoms with E-state index in [9.17, 15) is 14.4 Å². The lowest BCUT2D eigenvalue weighted by Crippen LogP contribution is -2.27. The second kappa shape index (κ2) is 7.92. The van der Waals surface area contributed by atoms with E-state index in [2.05, 4.69) is 16.4 Å². The Morgan fingerprint density at radius 3 is 2.66 bits per heavy atom. The average Bonchev–Trinajstić information content (AvgIpc) is 3.52. The third-order valence-electron chi connectivity index (χ3n) is 4.93. The van der Waals surface area contributed by atoms with E-state index in [1.165, 1.54) is 19.4 Å². The minimum atomic E-state index is -0.695. The van der Waals surface area contributed by atoms with Gasteiger partial charge in [0.25, 0.3) is 5.91 Å². The van der Waals surface area contributed by atoms with Gasteiger partial charge in [0, 0.05) is 24.0 Å². The first-order valence-electron chi connectivity index (χ1n) is 9.29. The molecule has 3 rings (SSSR count). The van der Waals surface area contributed by atoms with Gasteiger partial charge in [0.2, 0.25) is 0 Å². The molecule has 0 saturated heterocycles. The Hall–Kier alpha value is -3.40. The van der Waals surface area contributed by atoms with Gasteiger partial charge in [-0.05, 0) is 56.0 Å². The van der Waals surface area contributed by atoms with E-state index < -0.39 is 17.1 Å². The largest absolute Gasteiger partial charge is 0.496 e. The van der Waals surface area contributed by atoms with Crippen LogP contribution in [0.5, 0.6) is 5.75 Å². The van der Waals surface area contributed by atoms with E-state index in [0.717, 1.165) is 18.4 Å². The van der Waals surface area contributed by atoms with Crippen LogP contribution in [0.1, 0.15) is 53.9 Å². The zero-order valence-electron chi connectivity index (χ0n) is 16.6. The summed E-state index contributed by atoms with van der Waals surface area (Å²) < 4.78 is 20.1. The van der Waals surface area contributed by atoms with Crippen LogP contribution in [0.15, 0.2) is 36.7 Å². The molecule has 0 spiro atoms. The number of ether oxygens (including phenoxy) is 1. The third-order valence-corrected chi connectivity index (χ3v) is 4.93. The topological polar surface area (TPSA) is 101 Å². The molecule has 7 heteroatoms. The van der Waals surface area contributed by atoms with Crippen LogP contribution < -0.4 is 15.8 Å². The highest BCUT2D eigenvalue weighted by Crippen LogP contribution is 2.31. The number of benzene rings is 1. The molecule has 150 valence electrons. The van der Waals surface area contributed by atoms with Crippen molar-refractivity contribution in [3.8, 4) is 11.8 Å². The van der Waals surface area contributed by atoms with Crippen LogP contribution in [-0.2, 0) is 5.41 Å². The molecule has 1 aromatic heterocycles. The summed E-state index contributed by atoms with van der Waals surface area (Å²) in [6.07, 6.45) is 4.73. The van der Waals surface area contributed by atoms with E-state index in [0.29, 0.717) is 16.8 Å². The summed E-state index contributed by atoms with van der Waals surface area (Å²) in [6.45, 7) is 3.60. The van der Waals surface area contributed by atoms with Crippen LogP contribution in [0, 0.1) is 17.1 Å². The molecule has 2 aromatic rings. The third kappa shape index (κ3) is 4.21. The van der Waals surface area contributed by atoms with Crippen LogP contribution in [0.4, 0.5) is 4.39 Å². The number of hydrogen-bond donors (Lipinski definition) is 2. The number of nitriles is 1. The highest BCUT2D eigenvalue weighted by atomic mass is 19.1. The number of pyridine rings is 1. The van der Waals surface area contributed by atoms with E-state index in [1.54, 1.807) is 38.2 Å². The van der Waals surface area contributed by atoms with Crippen LogP contribution in [-0.4, -0.2) is 24.0 Å². The lowest BCUT2D eigenvalue weighted by Gasteiger charge is -2.16. The molecule has 0 radical (unpaired) electrons. The summed E-state index contributed by atoms with van der Waals surface area (Å²) >= 11 is 0. The van der Waals surface area contributed by atoms with E-state index in [4.69, 9.17) is 10.5 Å². The normalized spacial score (nSPS) is 14.2. The second-order valence-corrected chi connectivity index (χ2v) is 7.53. The number of aromatic nitrogens is 1. The van der Waals surface area contributed by atoms with E-state index in [1.807, 2.05) is 0 Å². The summed E-state index contributed by atoms with van der Waals surface area (Å²) in [7, 11) is 1.38. The molecule has 1 aliphatic carbocycles. The van der Waals surface area contributed by atoms with Gasteiger partial charge >= 0.3 is 0 Å². The first kappa shape index (κ1) is 20.3. The highest BCUT2D eigenvalue weighted by molar-refractivity contribution is 5.98. The van der Waals surface area contributed by atoms with Crippen LogP contribution in [0.3, 0.4) is 0 Å². The number of nitrogens with two attached hydrogens (primary N) is 1. The molecule has 0 aliphatic heterocycles. The van der Waals surface area contributed by atoms with Crippen molar-refractivity contribution in [1.29, 1.82) is 5.26 Å². The lowest BCUT2D eigenvalue weighted by molar-refractivity contribution is 0.0943. The molecule has 1 amide bonds. The van der Waals surface area contributed by atoms with Crippen molar-refractivity contribution in [2.45, 2.75) is 38.1 Å². The van der Waals surface area contributed by atoms with Gasteiger partial charge in [-0.3, -0.25) is 9.78 Å². The van der Waals surface area contributed by atoms with Crippen molar-refractivity contribution in [3.63, 3.8) is 0 Å². The number of amides is 1. The van der Waals surface area contributed by atoms with Crippen molar-refractivity contribution in [2.75, 3.05) is 7.11 Å². The predicted molar refractivity (Wildman–Crippen MR) is 108 cm³/mol. The van der Waals surface area contributed by atoms with E-state index >= 15 is 0 Å². The Labute approximate surface area is 169 Å². The number of rotatable bonds is 6. The number of hydrogen-bond acceptors (Lipinski definition) is 5. The Morgan fingerprint density at radius 2 is 2.14 bits per heavy atom. The SMILES string of the molecule is COc1cc(C(=CN)c2ccc(C(C)(C)C#N)cn2)cc(F)c1C(=O)NC1CC1. The smallest absolute Gasteiger partial charge is 0.258 e. The second-order valence-electron chi connectivity index (χ2n) is 7.53. The summed E-state index contributed by atoms with van der Waals surface area (Å²) in [4.78, 5) is 16.8. The van der Waals surface area contributed by atoms with Crippen molar-refractivity contribution in [2.24, 2.45) is 5.73 Å². The number of halogens is 1. The number of nitrogens with one attached hydrogen (secondary N) is 1. The van der Waals surface area contributed by atoms with Crippen molar-refractivity contribution >= 4 is 11.5 Å².